The summed E-state index contributed by atoms with van der Waals surface area (Å²) in [4.78, 5) is 12.0. The molecule has 0 spiro atoms. The van der Waals surface area contributed by atoms with Crippen molar-refractivity contribution in [3.05, 3.63) is 41.5 Å². The molecule has 6 nitrogen and oxygen atoms in total. The average molecular weight is 320 g/mol. The van der Waals surface area contributed by atoms with Crippen LogP contribution in [0, 0.1) is 12.7 Å². The fourth-order valence-corrected chi connectivity index (χ4v) is 2.18. The first-order chi connectivity index (χ1) is 11.0. The van der Waals surface area contributed by atoms with Crippen molar-refractivity contribution in [3.63, 3.8) is 0 Å². The topological polar surface area (TPSA) is 79.2 Å². The van der Waals surface area contributed by atoms with Crippen LogP contribution in [0.1, 0.15) is 29.4 Å². The second-order valence-electron chi connectivity index (χ2n) is 5.24. The number of halogens is 1. The molecular formula is C16H21FN4O2. The molecule has 0 unspecified atom stereocenters. The van der Waals surface area contributed by atoms with Crippen molar-refractivity contribution < 1.29 is 14.3 Å². The Kier molecular flexibility index (Phi) is 5.70. The highest BCUT2D eigenvalue weighted by Gasteiger charge is 2.17. The summed E-state index contributed by atoms with van der Waals surface area (Å²) in [5, 5.41) is 19.9. The van der Waals surface area contributed by atoms with Crippen LogP contribution in [0.5, 0.6) is 5.75 Å². The van der Waals surface area contributed by atoms with Crippen LogP contribution in [0.2, 0.25) is 0 Å². The van der Waals surface area contributed by atoms with Crippen LogP contribution in [0.15, 0.2) is 24.4 Å². The molecule has 1 heterocycles. The molecule has 0 radical (unpaired) electrons. The Bertz CT molecular complexity index is 685. The molecule has 7 heteroatoms. The molecule has 1 aromatic carbocycles. The van der Waals surface area contributed by atoms with Gasteiger partial charge in [0.05, 0.1) is 11.9 Å². The zero-order valence-corrected chi connectivity index (χ0v) is 13.3. The minimum atomic E-state index is -0.445. The van der Waals surface area contributed by atoms with Gasteiger partial charge in [-0.1, -0.05) is 6.92 Å². The molecule has 23 heavy (non-hydrogen) atoms. The Morgan fingerprint density at radius 2 is 2.13 bits per heavy atom. The van der Waals surface area contributed by atoms with Crippen LogP contribution in [-0.2, 0) is 0 Å². The first-order valence-corrected chi connectivity index (χ1v) is 7.57. The fraction of sp³-hybridized carbons (Fsp3) is 0.375. The maximum absolute atomic E-state index is 13.2. The molecule has 0 saturated heterocycles. The quantitative estimate of drug-likeness (QED) is 0.679. The van der Waals surface area contributed by atoms with Gasteiger partial charge < -0.3 is 15.7 Å². The maximum atomic E-state index is 13.2. The number of rotatable bonds is 7. The molecular weight excluding hydrogens is 299 g/mol. The van der Waals surface area contributed by atoms with Gasteiger partial charge >= 0.3 is 0 Å². The van der Waals surface area contributed by atoms with Crippen LogP contribution in [0.25, 0.3) is 5.69 Å². The van der Waals surface area contributed by atoms with E-state index in [1.54, 1.807) is 13.0 Å². The van der Waals surface area contributed by atoms with Gasteiger partial charge in [0.2, 0.25) is 0 Å². The third-order valence-corrected chi connectivity index (χ3v) is 3.33. The highest BCUT2D eigenvalue weighted by Crippen LogP contribution is 2.20. The summed E-state index contributed by atoms with van der Waals surface area (Å²) in [6, 6.07) is 4.22. The third-order valence-electron chi connectivity index (χ3n) is 3.33. The van der Waals surface area contributed by atoms with Crippen molar-refractivity contribution >= 4 is 5.91 Å². The molecule has 0 atom stereocenters. The van der Waals surface area contributed by atoms with Gasteiger partial charge in [0.1, 0.15) is 5.82 Å². The minimum absolute atomic E-state index is 0.0517. The van der Waals surface area contributed by atoms with Gasteiger partial charge in [-0.3, -0.25) is 4.79 Å². The van der Waals surface area contributed by atoms with Gasteiger partial charge in [0.25, 0.3) is 5.91 Å². The number of aromatic hydroxyl groups is 1. The minimum Gasteiger partial charge on any atom is -0.504 e. The molecule has 2 aromatic rings. The van der Waals surface area contributed by atoms with E-state index in [2.05, 4.69) is 22.7 Å². The molecule has 2 rings (SSSR count). The number of aryl methyl sites for hydroxylation is 1. The van der Waals surface area contributed by atoms with Crippen LogP contribution in [0.3, 0.4) is 0 Å². The van der Waals surface area contributed by atoms with Gasteiger partial charge in [-0.25, -0.2) is 9.07 Å². The largest absolute Gasteiger partial charge is 0.504 e. The standard InChI is InChI=1S/C16H21FN4O2/c1-3-6-18-7-8-19-16(23)15-14(22)10-21(20-15)13-5-4-12(17)9-11(13)2/h4-5,9-10,18,22H,3,6-8H2,1-2H3,(H,19,23). The summed E-state index contributed by atoms with van der Waals surface area (Å²) < 4.78 is 14.5. The van der Waals surface area contributed by atoms with Gasteiger partial charge in [0.15, 0.2) is 11.4 Å². The van der Waals surface area contributed by atoms with Gasteiger partial charge in [-0.15, -0.1) is 0 Å². The Morgan fingerprint density at radius 1 is 1.35 bits per heavy atom. The Hall–Kier alpha value is -2.41. The predicted octanol–water partition coefficient (Wildman–Crippen LogP) is 1.75. The summed E-state index contributed by atoms with van der Waals surface area (Å²) in [7, 11) is 0. The highest BCUT2D eigenvalue weighted by molar-refractivity contribution is 5.94. The fourth-order valence-electron chi connectivity index (χ4n) is 2.18. The molecule has 1 amide bonds. The summed E-state index contributed by atoms with van der Waals surface area (Å²) in [5.41, 5.74) is 1.21. The van der Waals surface area contributed by atoms with Crippen molar-refractivity contribution in [3.8, 4) is 11.4 Å². The number of nitrogens with one attached hydrogen (secondary N) is 2. The molecule has 3 N–H and O–H groups in total. The van der Waals surface area contributed by atoms with Crippen molar-refractivity contribution in [1.29, 1.82) is 0 Å². The number of nitrogens with zero attached hydrogens (tertiary/aromatic N) is 2. The first-order valence-electron chi connectivity index (χ1n) is 7.57. The Labute approximate surface area is 134 Å². The van der Waals surface area contributed by atoms with E-state index in [1.165, 1.54) is 23.0 Å². The van der Waals surface area contributed by atoms with E-state index in [9.17, 15) is 14.3 Å². The molecule has 0 aliphatic rings. The van der Waals surface area contributed by atoms with Crippen molar-refractivity contribution in [2.45, 2.75) is 20.3 Å². The number of amides is 1. The molecule has 1 aromatic heterocycles. The number of hydrogen-bond donors (Lipinski definition) is 3. The van der Waals surface area contributed by atoms with E-state index in [4.69, 9.17) is 0 Å². The lowest BCUT2D eigenvalue weighted by molar-refractivity contribution is 0.0946. The smallest absolute Gasteiger partial charge is 0.275 e. The van der Waals surface area contributed by atoms with Crippen LogP contribution < -0.4 is 10.6 Å². The third kappa shape index (κ3) is 4.29. The lowest BCUT2D eigenvalue weighted by Crippen LogP contribution is -2.32. The van der Waals surface area contributed by atoms with E-state index in [0.29, 0.717) is 24.3 Å². The SMILES string of the molecule is CCCNCCNC(=O)c1nn(-c2ccc(F)cc2C)cc1O. The second-order valence-corrected chi connectivity index (χ2v) is 5.24. The second kappa shape index (κ2) is 7.73. The molecule has 0 saturated carbocycles. The summed E-state index contributed by atoms with van der Waals surface area (Å²) in [6.45, 7) is 5.78. The van der Waals surface area contributed by atoms with E-state index in [-0.39, 0.29) is 17.3 Å². The van der Waals surface area contributed by atoms with E-state index >= 15 is 0 Å². The van der Waals surface area contributed by atoms with Crippen LogP contribution >= 0.6 is 0 Å². The van der Waals surface area contributed by atoms with Crippen LogP contribution in [-0.4, -0.2) is 40.4 Å². The summed E-state index contributed by atoms with van der Waals surface area (Å²) in [5.74, 6) is -1.01. The Morgan fingerprint density at radius 3 is 2.83 bits per heavy atom. The molecule has 0 bridgehead atoms. The molecule has 0 aliphatic heterocycles. The lowest BCUT2D eigenvalue weighted by Gasteiger charge is -2.06. The van der Waals surface area contributed by atoms with E-state index in [0.717, 1.165) is 13.0 Å². The number of aromatic nitrogens is 2. The normalized spacial score (nSPS) is 10.7. The molecule has 0 fully saturated rings. The van der Waals surface area contributed by atoms with Crippen molar-refractivity contribution in [1.82, 2.24) is 20.4 Å². The number of carbonyl (C=O) groups is 1. The van der Waals surface area contributed by atoms with Gasteiger partial charge in [-0.2, -0.15) is 5.10 Å². The highest BCUT2D eigenvalue weighted by atomic mass is 19.1. The maximum Gasteiger partial charge on any atom is 0.275 e. The first kappa shape index (κ1) is 17.0. The number of carbonyl (C=O) groups excluding carboxylic acids is 1. The molecule has 0 aliphatic carbocycles. The monoisotopic (exact) mass is 320 g/mol. The summed E-state index contributed by atoms with van der Waals surface area (Å²) in [6.07, 6.45) is 2.36. The molecule has 124 valence electrons. The predicted molar refractivity (Wildman–Crippen MR) is 85.4 cm³/mol. The van der Waals surface area contributed by atoms with E-state index in [1.807, 2.05) is 0 Å². The van der Waals surface area contributed by atoms with Gasteiger partial charge in [0, 0.05) is 13.1 Å². The van der Waals surface area contributed by atoms with Crippen molar-refractivity contribution in [2.75, 3.05) is 19.6 Å². The Balaban J connectivity index is 2.07. The number of hydrogen-bond acceptors (Lipinski definition) is 4. The number of benzene rings is 1. The van der Waals surface area contributed by atoms with Gasteiger partial charge in [-0.05, 0) is 43.7 Å². The van der Waals surface area contributed by atoms with Crippen molar-refractivity contribution in [2.24, 2.45) is 0 Å². The zero-order chi connectivity index (χ0) is 16.8. The summed E-state index contributed by atoms with van der Waals surface area (Å²) >= 11 is 0. The average Bonchev–Trinajstić information content (AvgIpc) is 2.88. The van der Waals surface area contributed by atoms with Crippen LogP contribution in [0.4, 0.5) is 4.39 Å². The van der Waals surface area contributed by atoms with E-state index < -0.39 is 5.91 Å². The lowest BCUT2D eigenvalue weighted by atomic mass is 10.2. The zero-order valence-electron chi connectivity index (χ0n) is 13.3.